The molecule has 1 fully saturated rings. The Hall–Kier alpha value is -0.610. The maximum Gasteiger partial charge on any atom is 0.239 e. The van der Waals surface area contributed by atoms with Crippen LogP contribution in [0.4, 0.5) is 0 Å². The van der Waals surface area contributed by atoms with Crippen molar-refractivity contribution in [1.29, 1.82) is 0 Å². The largest absolute Gasteiger partial charge is 0.368 e. The molecular formula is C12H25N3O. The molecule has 1 rings (SSSR count). The van der Waals surface area contributed by atoms with E-state index in [1.807, 2.05) is 14.0 Å². The van der Waals surface area contributed by atoms with Gasteiger partial charge in [0.25, 0.3) is 0 Å². The summed E-state index contributed by atoms with van der Waals surface area (Å²) in [4.78, 5) is 14.0. The van der Waals surface area contributed by atoms with Crippen molar-refractivity contribution >= 4 is 5.91 Å². The van der Waals surface area contributed by atoms with Crippen LogP contribution >= 0.6 is 0 Å². The van der Waals surface area contributed by atoms with Gasteiger partial charge in [0.05, 0.1) is 0 Å². The Kier molecular flexibility index (Phi) is 4.33. The third kappa shape index (κ3) is 2.74. The van der Waals surface area contributed by atoms with Gasteiger partial charge >= 0.3 is 0 Å². The van der Waals surface area contributed by atoms with Crippen molar-refractivity contribution in [3.63, 3.8) is 0 Å². The molecule has 3 N–H and O–H groups in total. The SMILES string of the molecule is CCNC(CN(C)C(C)C)(C(N)=O)C1CC1. The number of hydrogen-bond donors (Lipinski definition) is 2. The molecule has 1 atom stereocenters. The van der Waals surface area contributed by atoms with Gasteiger partial charge in [-0.1, -0.05) is 6.92 Å². The van der Waals surface area contributed by atoms with Crippen LogP contribution < -0.4 is 11.1 Å². The van der Waals surface area contributed by atoms with Crippen LogP contribution in [-0.4, -0.2) is 42.5 Å². The first kappa shape index (κ1) is 13.5. The fraction of sp³-hybridized carbons (Fsp3) is 0.917. The van der Waals surface area contributed by atoms with E-state index in [2.05, 4.69) is 24.1 Å². The van der Waals surface area contributed by atoms with Crippen molar-refractivity contribution in [1.82, 2.24) is 10.2 Å². The first-order valence-corrected chi connectivity index (χ1v) is 6.19. The zero-order valence-corrected chi connectivity index (χ0v) is 10.9. The molecule has 0 radical (unpaired) electrons. The van der Waals surface area contributed by atoms with E-state index in [4.69, 9.17) is 5.73 Å². The van der Waals surface area contributed by atoms with E-state index in [9.17, 15) is 4.79 Å². The molecule has 1 aliphatic rings. The Balaban J connectivity index is 2.79. The van der Waals surface area contributed by atoms with E-state index in [1.165, 1.54) is 0 Å². The van der Waals surface area contributed by atoms with E-state index in [0.29, 0.717) is 18.5 Å². The summed E-state index contributed by atoms with van der Waals surface area (Å²) >= 11 is 0. The number of nitrogens with two attached hydrogens (primary N) is 1. The lowest BCUT2D eigenvalue weighted by Gasteiger charge is -2.37. The van der Waals surface area contributed by atoms with Crippen LogP contribution in [0.1, 0.15) is 33.6 Å². The summed E-state index contributed by atoms with van der Waals surface area (Å²) in [6.07, 6.45) is 2.23. The Morgan fingerprint density at radius 2 is 2.12 bits per heavy atom. The lowest BCUT2D eigenvalue weighted by molar-refractivity contribution is -0.126. The average molecular weight is 227 g/mol. The Bertz CT molecular complexity index is 251. The predicted molar refractivity (Wildman–Crippen MR) is 66.1 cm³/mol. The summed E-state index contributed by atoms with van der Waals surface area (Å²) < 4.78 is 0. The summed E-state index contributed by atoms with van der Waals surface area (Å²) in [5, 5.41) is 3.33. The second-order valence-electron chi connectivity index (χ2n) is 5.15. The maximum atomic E-state index is 11.8. The number of carbonyl (C=O) groups excluding carboxylic acids is 1. The molecule has 4 heteroatoms. The van der Waals surface area contributed by atoms with Gasteiger partial charge in [0, 0.05) is 12.6 Å². The number of primary amides is 1. The molecular weight excluding hydrogens is 202 g/mol. The normalized spacial score (nSPS) is 20.1. The molecule has 16 heavy (non-hydrogen) atoms. The molecule has 0 saturated heterocycles. The molecule has 1 saturated carbocycles. The number of nitrogens with zero attached hydrogens (tertiary/aromatic N) is 1. The Morgan fingerprint density at radius 1 is 1.56 bits per heavy atom. The number of nitrogens with one attached hydrogen (secondary N) is 1. The van der Waals surface area contributed by atoms with Gasteiger partial charge in [0.2, 0.25) is 5.91 Å². The summed E-state index contributed by atoms with van der Waals surface area (Å²) in [6, 6.07) is 0.427. The van der Waals surface area contributed by atoms with Gasteiger partial charge in [-0.15, -0.1) is 0 Å². The van der Waals surface area contributed by atoms with Gasteiger partial charge in [0.1, 0.15) is 5.54 Å². The third-order valence-corrected chi connectivity index (χ3v) is 3.59. The molecule has 4 nitrogen and oxygen atoms in total. The minimum absolute atomic E-state index is 0.204. The van der Waals surface area contributed by atoms with E-state index in [1.54, 1.807) is 0 Å². The summed E-state index contributed by atoms with van der Waals surface area (Å²) in [7, 11) is 2.04. The molecule has 1 amide bonds. The summed E-state index contributed by atoms with van der Waals surface area (Å²) in [5.74, 6) is 0.218. The number of amides is 1. The van der Waals surface area contributed by atoms with Crippen LogP contribution in [-0.2, 0) is 4.79 Å². The molecule has 94 valence electrons. The van der Waals surface area contributed by atoms with Crippen LogP contribution in [0.3, 0.4) is 0 Å². The Morgan fingerprint density at radius 3 is 2.44 bits per heavy atom. The average Bonchev–Trinajstić information content (AvgIpc) is 2.99. The van der Waals surface area contributed by atoms with Gasteiger partial charge in [-0.25, -0.2) is 0 Å². The monoisotopic (exact) mass is 227 g/mol. The van der Waals surface area contributed by atoms with Crippen molar-refractivity contribution in [2.24, 2.45) is 11.7 Å². The molecule has 0 aromatic carbocycles. The van der Waals surface area contributed by atoms with E-state index >= 15 is 0 Å². The van der Waals surface area contributed by atoms with Crippen molar-refractivity contribution in [2.45, 2.75) is 45.2 Å². The highest BCUT2D eigenvalue weighted by molar-refractivity contribution is 5.86. The first-order valence-electron chi connectivity index (χ1n) is 6.19. The molecule has 0 heterocycles. The molecule has 0 aromatic heterocycles. The summed E-state index contributed by atoms with van der Waals surface area (Å²) in [6.45, 7) is 7.77. The molecule has 0 aromatic rings. The number of likely N-dealkylation sites (N-methyl/N-ethyl adjacent to an activating group) is 2. The fourth-order valence-corrected chi connectivity index (χ4v) is 2.16. The number of carbonyl (C=O) groups is 1. The molecule has 0 aliphatic heterocycles. The van der Waals surface area contributed by atoms with Crippen molar-refractivity contribution in [2.75, 3.05) is 20.1 Å². The predicted octanol–water partition coefficient (Wildman–Crippen LogP) is 0.570. The highest BCUT2D eigenvalue weighted by Crippen LogP contribution is 2.40. The molecule has 0 bridgehead atoms. The first-order chi connectivity index (χ1) is 7.44. The zero-order chi connectivity index (χ0) is 12.3. The standard InChI is InChI=1S/C12H25N3O/c1-5-14-12(11(13)16,10-6-7-10)8-15(4)9(2)3/h9-10,14H,5-8H2,1-4H3,(H2,13,16). The third-order valence-electron chi connectivity index (χ3n) is 3.59. The van der Waals surface area contributed by atoms with Gasteiger partial charge in [-0.05, 0) is 46.2 Å². The second-order valence-corrected chi connectivity index (χ2v) is 5.15. The van der Waals surface area contributed by atoms with Crippen LogP contribution in [0.2, 0.25) is 0 Å². The van der Waals surface area contributed by atoms with Crippen molar-refractivity contribution in [3.05, 3.63) is 0 Å². The molecule has 0 spiro atoms. The molecule has 1 aliphatic carbocycles. The smallest absolute Gasteiger partial charge is 0.239 e. The zero-order valence-electron chi connectivity index (χ0n) is 10.9. The van der Waals surface area contributed by atoms with E-state index in [-0.39, 0.29) is 5.91 Å². The van der Waals surface area contributed by atoms with Crippen LogP contribution in [0.5, 0.6) is 0 Å². The number of hydrogen-bond acceptors (Lipinski definition) is 3. The minimum atomic E-state index is -0.520. The van der Waals surface area contributed by atoms with Crippen LogP contribution in [0.25, 0.3) is 0 Å². The topological polar surface area (TPSA) is 58.4 Å². The highest BCUT2D eigenvalue weighted by atomic mass is 16.1. The fourth-order valence-electron chi connectivity index (χ4n) is 2.16. The van der Waals surface area contributed by atoms with Gasteiger partial charge < -0.3 is 16.0 Å². The minimum Gasteiger partial charge on any atom is -0.368 e. The van der Waals surface area contributed by atoms with E-state index in [0.717, 1.165) is 19.4 Å². The Labute approximate surface area is 98.6 Å². The summed E-state index contributed by atoms with van der Waals surface area (Å²) in [5.41, 5.74) is 5.10. The van der Waals surface area contributed by atoms with Crippen LogP contribution in [0, 0.1) is 5.92 Å². The van der Waals surface area contributed by atoms with Gasteiger partial charge in [0.15, 0.2) is 0 Å². The maximum absolute atomic E-state index is 11.8. The van der Waals surface area contributed by atoms with Gasteiger partial charge in [-0.3, -0.25) is 4.79 Å². The number of rotatable bonds is 7. The lowest BCUT2D eigenvalue weighted by atomic mass is 9.91. The van der Waals surface area contributed by atoms with Gasteiger partial charge in [-0.2, -0.15) is 0 Å². The quantitative estimate of drug-likeness (QED) is 0.668. The van der Waals surface area contributed by atoms with Crippen LogP contribution in [0.15, 0.2) is 0 Å². The lowest BCUT2D eigenvalue weighted by Crippen LogP contribution is -2.63. The van der Waals surface area contributed by atoms with Crippen molar-refractivity contribution < 1.29 is 4.79 Å². The second kappa shape index (κ2) is 5.15. The van der Waals surface area contributed by atoms with E-state index < -0.39 is 5.54 Å². The molecule has 1 unspecified atom stereocenters. The van der Waals surface area contributed by atoms with Crippen molar-refractivity contribution in [3.8, 4) is 0 Å². The highest BCUT2D eigenvalue weighted by Gasteiger charge is 2.49.